The summed E-state index contributed by atoms with van der Waals surface area (Å²) in [5.74, 6) is -1.35. The van der Waals surface area contributed by atoms with E-state index < -0.39 is 11.9 Å². The molecule has 1 fully saturated rings. The third-order valence-electron chi connectivity index (χ3n) is 4.97. The Hall–Kier alpha value is -2.30. The van der Waals surface area contributed by atoms with Crippen LogP contribution in [0, 0.1) is 25.7 Å². The minimum atomic E-state index is -0.826. The van der Waals surface area contributed by atoms with Gasteiger partial charge in [0.1, 0.15) is 5.58 Å². The van der Waals surface area contributed by atoms with Gasteiger partial charge in [-0.3, -0.25) is 9.59 Å². The zero-order chi connectivity index (χ0) is 16.7. The van der Waals surface area contributed by atoms with Gasteiger partial charge in [0.05, 0.1) is 18.6 Å². The Morgan fingerprint density at radius 2 is 2.04 bits per heavy atom. The molecule has 2 aromatic rings. The Kier molecular flexibility index (Phi) is 3.88. The van der Waals surface area contributed by atoms with E-state index in [1.807, 2.05) is 32.9 Å². The molecule has 1 saturated heterocycles. The Morgan fingerprint density at radius 1 is 1.30 bits per heavy atom. The number of aryl methyl sites for hydroxylation is 2. The summed E-state index contributed by atoms with van der Waals surface area (Å²) in [5, 5.41) is 10.1. The van der Waals surface area contributed by atoms with Crippen LogP contribution in [0.1, 0.15) is 23.6 Å². The molecule has 1 aliphatic heterocycles. The van der Waals surface area contributed by atoms with E-state index in [-0.39, 0.29) is 18.2 Å². The first kappa shape index (κ1) is 15.6. The number of carbonyl (C=O) groups excluding carboxylic acids is 1. The number of benzene rings is 1. The van der Waals surface area contributed by atoms with Crippen LogP contribution in [-0.4, -0.2) is 35.0 Å². The number of hydrogen-bond acceptors (Lipinski definition) is 3. The lowest BCUT2D eigenvalue weighted by atomic mass is 9.99. The zero-order valence-corrected chi connectivity index (χ0v) is 13.6. The molecule has 0 unspecified atom stereocenters. The number of hydrogen-bond donors (Lipinski definition) is 1. The van der Waals surface area contributed by atoms with Gasteiger partial charge in [-0.05, 0) is 30.9 Å². The number of amides is 1. The summed E-state index contributed by atoms with van der Waals surface area (Å²) in [7, 11) is 0. The van der Waals surface area contributed by atoms with Gasteiger partial charge in [-0.2, -0.15) is 0 Å². The fourth-order valence-electron chi connectivity index (χ4n) is 3.29. The van der Waals surface area contributed by atoms with Crippen molar-refractivity contribution in [1.29, 1.82) is 0 Å². The highest BCUT2D eigenvalue weighted by atomic mass is 16.4. The van der Waals surface area contributed by atoms with Crippen LogP contribution in [0.2, 0.25) is 0 Å². The van der Waals surface area contributed by atoms with Crippen LogP contribution in [0.5, 0.6) is 0 Å². The molecule has 23 heavy (non-hydrogen) atoms. The smallest absolute Gasteiger partial charge is 0.308 e. The van der Waals surface area contributed by atoms with Crippen molar-refractivity contribution in [1.82, 2.24) is 4.90 Å². The average Bonchev–Trinajstić information content (AvgIpc) is 3.07. The third kappa shape index (κ3) is 2.71. The van der Waals surface area contributed by atoms with Crippen molar-refractivity contribution < 1.29 is 19.1 Å². The van der Waals surface area contributed by atoms with E-state index in [0.717, 1.165) is 27.7 Å². The van der Waals surface area contributed by atoms with E-state index in [9.17, 15) is 14.7 Å². The van der Waals surface area contributed by atoms with Crippen molar-refractivity contribution in [3.63, 3.8) is 0 Å². The summed E-state index contributed by atoms with van der Waals surface area (Å²) in [4.78, 5) is 25.4. The van der Waals surface area contributed by atoms with Crippen LogP contribution in [-0.2, 0) is 16.0 Å². The summed E-state index contributed by atoms with van der Waals surface area (Å²) < 4.78 is 5.64. The molecule has 1 amide bonds. The number of rotatable bonds is 3. The lowest BCUT2D eigenvalue weighted by molar-refractivity contribution is -0.142. The first-order chi connectivity index (χ1) is 10.9. The molecule has 5 nitrogen and oxygen atoms in total. The molecule has 1 aromatic carbocycles. The maximum Gasteiger partial charge on any atom is 0.308 e. The number of nitrogens with zero attached hydrogens (tertiary/aromatic N) is 1. The van der Waals surface area contributed by atoms with Crippen molar-refractivity contribution >= 4 is 22.8 Å². The maximum atomic E-state index is 12.5. The summed E-state index contributed by atoms with van der Waals surface area (Å²) in [6.45, 7) is 6.71. The summed E-state index contributed by atoms with van der Waals surface area (Å²) in [6.07, 6.45) is 1.89. The van der Waals surface area contributed by atoms with Gasteiger partial charge < -0.3 is 14.4 Å². The molecule has 5 heteroatoms. The van der Waals surface area contributed by atoms with Crippen molar-refractivity contribution in [2.24, 2.45) is 11.8 Å². The summed E-state index contributed by atoms with van der Waals surface area (Å²) >= 11 is 0. The van der Waals surface area contributed by atoms with Gasteiger partial charge >= 0.3 is 5.97 Å². The molecule has 1 N–H and O–H groups in total. The fourth-order valence-corrected chi connectivity index (χ4v) is 3.29. The molecule has 0 spiro atoms. The highest BCUT2D eigenvalue weighted by molar-refractivity contribution is 5.90. The van der Waals surface area contributed by atoms with Gasteiger partial charge in [-0.1, -0.05) is 19.1 Å². The van der Waals surface area contributed by atoms with Crippen LogP contribution < -0.4 is 0 Å². The first-order valence-electron chi connectivity index (χ1n) is 7.85. The summed E-state index contributed by atoms with van der Waals surface area (Å²) in [6, 6.07) is 4.01. The Bertz CT molecular complexity index is 777. The van der Waals surface area contributed by atoms with Crippen molar-refractivity contribution in [3.05, 3.63) is 35.1 Å². The molecule has 2 atom stereocenters. The topological polar surface area (TPSA) is 70.8 Å². The average molecular weight is 315 g/mol. The van der Waals surface area contributed by atoms with E-state index in [0.29, 0.717) is 13.1 Å². The van der Waals surface area contributed by atoms with E-state index in [1.165, 1.54) is 0 Å². The Labute approximate surface area is 134 Å². The van der Waals surface area contributed by atoms with Crippen LogP contribution in [0.25, 0.3) is 11.0 Å². The molecule has 0 saturated carbocycles. The second-order valence-corrected chi connectivity index (χ2v) is 6.54. The SMILES string of the molecule is Cc1ccc2c(CC(=O)N3C[C@@H](C)[C@H](C(=O)O)C3)coc2c1C. The van der Waals surface area contributed by atoms with Gasteiger partial charge in [-0.25, -0.2) is 0 Å². The zero-order valence-electron chi connectivity index (χ0n) is 13.6. The molecule has 0 radical (unpaired) electrons. The van der Waals surface area contributed by atoms with Gasteiger partial charge in [0.25, 0.3) is 0 Å². The fraction of sp³-hybridized carbons (Fsp3) is 0.444. The van der Waals surface area contributed by atoms with Gasteiger partial charge in [-0.15, -0.1) is 0 Å². The number of carbonyl (C=O) groups is 2. The molecule has 1 aromatic heterocycles. The third-order valence-corrected chi connectivity index (χ3v) is 4.97. The predicted molar refractivity (Wildman–Crippen MR) is 86.3 cm³/mol. The molecular weight excluding hydrogens is 294 g/mol. The number of aliphatic carboxylic acids is 1. The van der Waals surface area contributed by atoms with E-state index in [4.69, 9.17) is 4.42 Å². The first-order valence-corrected chi connectivity index (χ1v) is 7.85. The maximum absolute atomic E-state index is 12.5. The lowest BCUT2D eigenvalue weighted by Gasteiger charge is -2.15. The molecule has 3 rings (SSSR count). The minimum absolute atomic E-state index is 0.0116. The quantitative estimate of drug-likeness (QED) is 0.945. The predicted octanol–water partition coefficient (Wildman–Crippen LogP) is 2.77. The van der Waals surface area contributed by atoms with Crippen molar-refractivity contribution in [2.75, 3.05) is 13.1 Å². The summed E-state index contributed by atoms with van der Waals surface area (Å²) in [5.41, 5.74) is 3.93. The van der Waals surface area contributed by atoms with Gasteiger partial charge in [0, 0.05) is 24.0 Å². The molecule has 1 aliphatic rings. The highest BCUT2D eigenvalue weighted by Crippen LogP contribution is 2.28. The van der Waals surface area contributed by atoms with Crippen LogP contribution in [0.15, 0.2) is 22.8 Å². The van der Waals surface area contributed by atoms with E-state index >= 15 is 0 Å². The van der Waals surface area contributed by atoms with Gasteiger partial charge in [0.2, 0.25) is 5.91 Å². The van der Waals surface area contributed by atoms with E-state index in [1.54, 1.807) is 11.2 Å². The number of carboxylic acid groups (broad SMARTS) is 1. The van der Waals surface area contributed by atoms with Gasteiger partial charge in [0.15, 0.2) is 0 Å². The van der Waals surface area contributed by atoms with Crippen molar-refractivity contribution in [3.8, 4) is 0 Å². The van der Waals surface area contributed by atoms with Crippen molar-refractivity contribution in [2.45, 2.75) is 27.2 Å². The highest BCUT2D eigenvalue weighted by Gasteiger charge is 2.36. The Morgan fingerprint density at radius 3 is 2.70 bits per heavy atom. The second kappa shape index (κ2) is 5.72. The number of furan rings is 1. The Balaban J connectivity index is 1.79. The van der Waals surface area contributed by atoms with E-state index in [2.05, 4.69) is 0 Å². The lowest BCUT2D eigenvalue weighted by Crippen LogP contribution is -2.31. The monoisotopic (exact) mass is 315 g/mol. The van der Waals surface area contributed by atoms with Crippen LogP contribution >= 0.6 is 0 Å². The molecule has 2 heterocycles. The van der Waals surface area contributed by atoms with Crippen LogP contribution in [0.4, 0.5) is 0 Å². The number of likely N-dealkylation sites (tertiary alicyclic amines) is 1. The van der Waals surface area contributed by atoms with Crippen LogP contribution in [0.3, 0.4) is 0 Å². The number of fused-ring (bicyclic) bond motifs is 1. The molecule has 0 bridgehead atoms. The second-order valence-electron chi connectivity index (χ2n) is 6.54. The molecule has 122 valence electrons. The largest absolute Gasteiger partial charge is 0.481 e. The molecular formula is C18H21NO4. The molecule has 0 aliphatic carbocycles. The minimum Gasteiger partial charge on any atom is -0.481 e. The normalized spacial score (nSPS) is 21.1. The standard InChI is InChI=1S/C18H21NO4/c1-10-4-5-14-13(9-23-17(14)12(10)3)6-16(20)19-7-11(2)15(8-19)18(21)22/h4-5,9,11,15H,6-8H2,1-3H3,(H,21,22)/t11-,15-/m1/s1. The number of carboxylic acids is 1.